The summed E-state index contributed by atoms with van der Waals surface area (Å²) in [5.74, 6) is -0.225. The molecule has 6 heteroatoms. The Morgan fingerprint density at radius 3 is 2.74 bits per heavy atom. The van der Waals surface area contributed by atoms with Gasteiger partial charge in [0.2, 0.25) is 11.8 Å². The van der Waals surface area contributed by atoms with Crippen molar-refractivity contribution in [2.24, 2.45) is 11.7 Å². The van der Waals surface area contributed by atoms with E-state index in [0.29, 0.717) is 38.9 Å². The highest BCUT2D eigenvalue weighted by atomic mass is 16.2. The van der Waals surface area contributed by atoms with Gasteiger partial charge < -0.3 is 10.6 Å². The number of amides is 2. The first-order chi connectivity index (χ1) is 11.1. The Hall–Kier alpha value is -2.37. The van der Waals surface area contributed by atoms with Crippen LogP contribution in [0.1, 0.15) is 24.8 Å². The fourth-order valence-electron chi connectivity index (χ4n) is 3.20. The maximum atomic E-state index is 12.3. The number of hydrogen-bond donors (Lipinski definition) is 1. The highest BCUT2D eigenvalue weighted by molar-refractivity contribution is 5.82. The van der Waals surface area contributed by atoms with Gasteiger partial charge in [0.25, 0.3) is 0 Å². The fourth-order valence-corrected chi connectivity index (χ4v) is 3.20. The quantitative estimate of drug-likeness (QED) is 0.927. The largest absolute Gasteiger partial charge is 0.369 e. The van der Waals surface area contributed by atoms with Crippen LogP contribution in [0.3, 0.4) is 0 Å². The summed E-state index contributed by atoms with van der Waals surface area (Å²) >= 11 is 0. The molecular weight excluding hydrogens is 292 g/mol. The van der Waals surface area contributed by atoms with Crippen molar-refractivity contribution in [1.82, 2.24) is 14.7 Å². The molecule has 2 heterocycles. The third kappa shape index (κ3) is 3.21. The zero-order chi connectivity index (χ0) is 16.4. The average molecular weight is 314 g/mol. The van der Waals surface area contributed by atoms with Gasteiger partial charge in [0.05, 0.1) is 18.3 Å². The second-order valence-corrected chi connectivity index (χ2v) is 6.18. The molecule has 23 heavy (non-hydrogen) atoms. The molecule has 0 spiro atoms. The molecule has 6 nitrogen and oxygen atoms in total. The summed E-state index contributed by atoms with van der Waals surface area (Å²) in [7, 11) is 0. The van der Waals surface area contributed by atoms with Crippen LogP contribution >= 0.6 is 0 Å². The van der Waals surface area contributed by atoms with Crippen LogP contribution in [-0.4, -0.2) is 39.6 Å². The van der Waals surface area contributed by atoms with Gasteiger partial charge in [-0.25, -0.2) is 0 Å². The van der Waals surface area contributed by atoms with Gasteiger partial charge in [0, 0.05) is 30.8 Å². The fraction of sp³-hybridized carbons (Fsp3) is 0.471. The van der Waals surface area contributed by atoms with Crippen LogP contribution in [0, 0.1) is 12.8 Å². The number of carbonyl (C=O) groups is 2. The average Bonchev–Trinajstić information content (AvgIpc) is 2.97. The third-order valence-corrected chi connectivity index (χ3v) is 4.69. The maximum absolute atomic E-state index is 12.3. The van der Waals surface area contributed by atoms with E-state index in [0.717, 1.165) is 10.9 Å². The first kappa shape index (κ1) is 15.5. The molecule has 1 aliphatic rings. The van der Waals surface area contributed by atoms with Crippen LogP contribution in [-0.2, 0) is 16.1 Å². The minimum Gasteiger partial charge on any atom is -0.369 e. The van der Waals surface area contributed by atoms with Gasteiger partial charge >= 0.3 is 0 Å². The van der Waals surface area contributed by atoms with Crippen molar-refractivity contribution in [1.29, 1.82) is 0 Å². The van der Waals surface area contributed by atoms with Crippen molar-refractivity contribution >= 4 is 22.7 Å². The number of nitrogens with zero attached hydrogens (tertiary/aromatic N) is 3. The number of piperidine rings is 1. The molecule has 2 N–H and O–H groups in total. The number of benzene rings is 1. The number of fused-ring (bicyclic) bond motifs is 1. The summed E-state index contributed by atoms with van der Waals surface area (Å²) in [6, 6.07) is 6.09. The minimum absolute atomic E-state index is 0.0860. The van der Waals surface area contributed by atoms with E-state index in [9.17, 15) is 9.59 Å². The van der Waals surface area contributed by atoms with E-state index in [2.05, 4.69) is 18.1 Å². The Morgan fingerprint density at radius 2 is 2.04 bits per heavy atom. The van der Waals surface area contributed by atoms with E-state index in [4.69, 9.17) is 5.73 Å². The second kappa shape index (κ2) is 6.40. The predicted octanol–water partition coefficient (Wildman–Crippen LogP) is 1.46. The first-order valence-corrected chi connectivity index (χ1v) is 8.04. The van der Waals surface area contributed by atoms with Crippen LogP contribution in [0.15, 0.2) is 24.4 Å². The Labute approximate surface area is 135 Å². The molecule has 0 atom stereocenters. The van der Waals surface area contributed by atoms with Crippen molar-refractivity contribution < 1.29 is 9.59 Å². The van der Waals surface area contributed by atoms with Gasteiger partial charge in [0.1, 0.15) is 0 Å². The maximum Gasteiger partial charge on any atom is 0.224 e. The highest BCUT2D eigenvalue weighted by Crippen LogP contribution is 2.19. The minimum atomic E-state index is -0.254. The summed E-state index contributed by atoms with van der Waals surface area (Å²) in [6.07, 6.45) is 3.62. The number of aromatic nitrogens is 2. The molecule has 0 unspecified atom stereocenters. The molecule has 2 amide bonds. The number of nitrogens with two attached hydrogens (primary N) is 1. The normalized spacial score (nSPS) is 16.0. The lowest BCUT2D eigenvalue weighted by Gasteiger charge is -2.30. The molecule has 1 fully saturated rings. The number of carbonyl (C=O) groups excluding carboxylic acids is 2. The first-order valence-electron chi connectivity index (χ1n) is 8.04. The molecule has 2 aromatic rings. The predicted molar refractivity (Wildman–Crippen MR) is 87.6 cm³/mol. The standard InChI is InChI=1S/C17H22N4O2/c1-12-3-2-4-15-14(12)11-19-21(15)10-7-16(22)20-8-5-13(6-9-20)17(18)23/h2-4,11,13H,5-10H2,1H3,(H2,18,23). The molecule has 1 saturated heterocycles. The van der Waals surface area contributed by atoms with Crippen LogP contribution in [0.25, 0.3) is 10.9 Å². The number of primary amides is 1. The van der Waals surface area contributed by atoms with E-state index < -0.39 is 0 Å². The Morgan fingerprint density at radius 1 is 1.30 bits per heavy atom. The van der Waals surface area contributed by atoms with Crippen molar-refractivity contribution in [2.75, 3.05) is 13.1 Å². The summed E-state index contributed by atoms with van der Waals surface area (Å²) in [4.78, 5) is 25.3. The zero-order valence-electron chi connectivity index (χ0n) is 13.4. The summed E-state index contributed by atoms with van der Waals surface area (Å²) < 4.78 is 1.89. The molecule has 122 valence electrons. The Bertz CT molecular complexity index is 729. The molecule has 0 radical (unpaired) electrons. The molecule has 0 aliphatic carbocycles. The van der Waals surface area contributed by atoms with E-state index in [1.165, 1.54) is 5.56 Å². The number of likely N-dealkylation sites (tertiary alicyclic amines) is 1. The van der Waals surface area contributed by atoms with Gasteiger partial charge in [-0.2, -0.15) is 5.10 Å². The zero-order valence-corrected chi connectivity index (χ0v) is 13.4. The topological polar surface area (TPSA) is 81.2 Å². The van der Waals surface area contributed by atoms with Crippen molar-refractivity contribution in [2.45, 2.75) is 32.7 Å². The Balaban J connectivity index is 1.59. The number of aryl methyl sites for hydroxylation is 2. The van der Waals surface area contributed by atoms with Gasteiger partial charge in [-0.05, 0) is 31.4 Å². The lowest BCUT2D eigenvalue weighted by molar-refractivity contribution is -0.135. The van der Waals surface area contributed by atoms with Crippen molar-refractivity contribution in [3.05, 3.63) is 30.0 Å². The number of hydrogen-bond acceptors (Lipinski definition) is 3. The summed E-state index contributed by atoms with van der Waals surface area (Å²) in [5.41, 5.74) is 7.57. The highest BCUT2D eigenvalue weighted by Gasteiger charge is 2.25. The van der Waals surface area contributed by atoms with Gasteiger partial charge in [-0.1, -0.05) is 12.1 Å². The second-order valence-electron chi connectivity index (χ2n) is 6.18. The molecule has 1 aromatic heterocycles. The van der Waals surface area contributed by atoms with Crippen molar-refractivity contribution in [3.63, 3.8) is 0 Å². The lowest BCUT2D eigenvalue weighted by atomic mass is 9.96. The van der Waals surface area contributed by atoms with E-state index in [1.807, 2.05) is 27.9 Å². The van der Waals surface area contributed by atoms with Gasteiger partial charge in [-0.3, -0.25) is 14.3 Å². The van der Waals surface area contributed by atoms with Crippen LogP contribution < -0.4 is 5.73 Å². The van der Waals surface area contributed by atoms with Crippen LogP contribution in [0.5, 0.6) is 0 Å². The third-order valence-electron chi connectivity index (χ3n) is 4.69. The van der Waals surface area contributed by atoms with E-state index >= 15 is 0 Å². The van der Waals surface area contributed by atoms with Gasteiger partial charge in [0.15, 0.2) is 0 Å². The molecule has 1 aromatic carbocycles. The molecule has 1 aliphatic heterocycles. The Kier molecular flexibility index (Phi) is 4.32. The van der Waals surface area contributed by atoms with E-state index in [-0.39, 0.29) is 17.7 Å². The monoisotopic (exact) mass is 314 g/mol. The smallest absolute Gasteiger partial charge is 0.224 e. The molecule has 0 bridgehead atoms. The molecular formula is C17H22N4O2. The van der Waals surface area contributed by atoms with Crippen LogP contribution in [0.4, 0.5) is 0 Å². The van der Waals surface area contributed by atoms with Gasteiger partial charge in [-0.15, -0.1) is 0 Å². The van der Waals surface area contributed by atoms with Crippen LogP contribution in [0.2, 0.25) is 0 Å². The molecule has 3 rings (SSSR count). The molecule has 0 saturated carbocycles. The SMILES string of the molecule is Cc1cccc2c1cnn2CCC(=O)N1CCC(C(N)=O)CC1. The van der Waals surface area contributed by atoms with E-state index in [1.54, 1.807) is 0 Å². The lowest BCUT2D eigenvalue weighted by Crippen LogP contribution is -2.41. The summed E-state index contributed by atoms with van der Waals surface area (Å²) in [6.45, 7) is 3.86. The van der Waals surface area contributed by atoms with Crippen molar-refractivity contribution in [3.8, 4) is 0 Å². The summed E-state index contributed by atoms with van der Waals surface area (Å²) in [5, 5.41) is 5.52. The number of rotatable bonds is 4.